The highest BCUT2D eigenvalue weighted by molar-refractivity contribution is 5.33. The average molecular weight is 263 g/mol. The highest BCUT2D eigenvalue weighted by Gasteiger charge is 2.17. The van der Waals surface area contributed by atoms with Crippen LogP contribution in [0.4, 0.5) is 5.82 Å². The van der Waals surface area contributed by atoms with Gasteiger partial charge in [-0.05, 0) is 17.5 Å². The van der Waals surface area contributed by atoms with E-state index in [0.717, 1.165) is 25.6 Å². The molecule has 0 spiro atoms. The Labute approximate surface area is 115 Å². The number of hydrogen-bond acceptors (Lipinski definition) is 5. The fraction of sp³-hybridized carbons (Fsp3) is 0.643. The first-order valence-electron chi connectivity index (χ1n) is 7.03. The van der Waals surface area contributed by atoms with Gasteiger partial charge in [0.2, 0.25) is 0 Å². The molecule has 0 saturated carbocycles. The van der Waals surface area contributed by atoms with E-state index in [2.05, 4.69) is 40.1 Å². The van der Waals surface area contributed by atoms with Crippen LogP contribution in [-0.2, 0) is 6.54 Å². The van der Waals surface area contributed by atoms with Crippen LogP contribution in [0.2, 0.25) is 0 Å². The third kappa shape index (κ3) is 4.45. The number of piperazine rings is 1. The van der Waals surface area contributed by atoms with Gasteiger partial charge in [-0.15, -0.1) is 0 Å². The Morgan fingerprint density at radius 3 is 2.42 bits per heavy atom. The Balaban J connectivity index is 1.78. The summed E-state index contributed by atoms with van der Waals surface area (Å²) in [5, 5.41) is 0. The summed E-state index contributed by atoms with van der Waals surface area (Å²) in [5.41, 5.74) is 3.80. The Morgan fingerprint density at radius 1 is 1.21 bits per heavy atom. The molecule has 19 heavy (non-hydrogen) atoms. The molecule has 2 heterocycles. The number of rotatable bonds is 5. The molecule has 5 heteroatoms. The van der Waals surface area contributed by atoms with E-state index in [1.165, 1.54) is 25.2 Å². The smallest absolute Gasteiger partial charge is 0.139 e. The molecule has 1 fully saturated rings. The molecule has 106 valence electrons. The normalized spacial score (nSPS) is 17.9. The maximum Gasteiger partial charge on any atom is 0.139 e. The highest BCUT2D eigenvalue weighted by atomic mass is 15.3. The summed E-state index contributed by atoms with van der Waals surface area (Å²) < 4.78 is 0. The molecule has 1 saturated heterocycles. The molecule has 0 aromatic carbocycles. The van der Waals surface area contributed by atoms with E-state index in [1.54, 1.807) is 0 Å². The van der Waals surface area contributed by atoms with E-state index in [4.69, 9.17) is 5.84 Å². The van der Waals surface area contributed by atoms with E-state index < -0.39 is 0 Å². The first kappa shape index (κ1) is 14.2. The van der Waals surface area contributed by atoms with Gasteiger partial charge in [0, 0.05) is 45.5 Å². The van der Waals surface area contributed by atoms with Crippen LogP contribution in [0.3, 0.4) is 0 Å². The van der Waals surface area contributed by atoms with Gasteiger partial charge in [0.15, 0.2) is 0 Å². The fourth-order valence-corrected chi connectivity index (χ4v) is 2.51. The lowest BCUT2D eigenvalue weighted by molar-refractivity contribution is 0.117. The molecular weight excluding hydrogens is 238 g/mol. The largest absolute Gasteiger partial charge is 0.308 e. The molecule has 0 radical (unpaired) electrons. The summed E-state index contributed by atoms with van der Waals surface area (Å²) in [4.78, 5) is 9.29. The Kier molecular flexibility index (Phi) is 5.13. The second kappa shape index (κ2) is 6.84. The van der Waals surface area contributed by atoms with Gasteiger partial charge in [-0.2, -0.15) is 0 Å². The standard InChI is InChI=1S/C14H25N5/c1-12(2)10-18-5-7-19(8-6-18)11-13-3-4-14(17-15)16-9-13/h3-4,9,12H,5-8,10-11,15H2,1-2H3,(H,16,17). The summed E-state index contributed by atoms with van der Waals surface area (Å²) in [5.74, 6) is 6.78. The predicted octanol–water partition coefficient (Wildman–Crippen LogP) is 1.14. The van der Waals surface area contributed by atoms with Gasteiger partial charge in [-0.3, -0.25) is 4.90 Å². The predicted molar refractivity (Wildman–Crippen MR) is 78.6 cm³/mol. The number of nitrogens with two attached hydrogens (primary N) is 1. The minimum absolute atomic E-state index is 0.713. The molecule has 5 nitrogen and oxygen atoms in total. The molecule has 2 rings (SSSR count). The van der Waals surface area contributed by atoms with Gasteiger partial charge in [-0.1, -0.05) is 19.9 Å². The fourth-order valence-electron chi connectivity index (χ4n) is 2.51. The number of pyridine rings is 1. The first-order valence-corrected chi connectivity index (χ1v) is 7.03. The maximum absolute atomic E-state index is 5.31. The summed E-state index contributed by atoms with van der Waals surface area (Å²) in [6, 6.07) is 4.01. The van der Waals surface area contributed by atoms with Crippen LogP contribution in [0.15, 0.2) is 18.3 Å². The molecule has 3 N–H and O–H groups in total. The van der Waals surface area contributed by atoms with E-state index in [9.17, 15) is 0 Å². The highest BCUT2D eigenvalue weighted by Crippen LogP contribution is 2.10. The zero-order chi connectivity index (χ0) is 13.7. The number of nitrogens with zero attached hydrogens (tertiary/aromatic N) is 3. The van der Waals surface area contributed by atoms with Gasteiger partial charge < -0.3 is 10.3 Å². The lowest BCUT2D eigenvalue weighted by Crippen LogP contribution is -2.46. The van der Waals surface area contributed by atoms with E-state index >= 15 is 0 Å². The van der Waals surface area contributed by atoms with Crippen LogP contribution in [-0.4, -0.2) is 47.5 Å². The van der Waals surface area contributed by atoms with Crippen molar-refractivity contribution in [2.24, 2.45) is 11.8 Å². The van der Waals surface area contributed by atoms with Crippen molar-refractivity contribution in [2.45, 2.75) is 20.4 Å². The van der Waals surface area contributed by atoms with Crippen molar-refractivity contribution in [1.29, 1.82) is 0 Å². The van der Waals surface area contributed by atoms with Crippen LogP contribution in [0, 0.1) is 5.92 Å². The topological polar surface area (TPSA) is 57.4 Å². The van der Waals surface area contributed by atoms with Crippen molar-refractivity contribution in [2.75, 3.05) is 38.1 Å². The number of hydrazine groups is 1. The zero-order valence-electron chi connectivity index (χ0n) is 12.0. The van der Waals surface area contributed by atoms with Crippen molar-refractivity contribution in [3.63, 3.8) is 0 Å². The first-order chi connectivity index (χ1) is 9.17. The molecule has 0 unspecified atom stereocenters. The number of nitrogen functional groups attached to an aromatic ring is 1. The Bertz CT molecular complexity index is 368. The van der Waals surface area contributed by atoms with Crippen molar-refractivity contribution < 1.29 is 0 Å². The second-order valence-electron chi connectivity index (χ2n) is 5.67. The SMILES string of the molecule is CC(C)CN1CCN(Cc2ccc(NN)nc2)CC1. The third-order valence-electron chi connectivity index (χ3n) is 3.47. The van der Waals surface area contributed by atoms with Crippen LogP contribution in [0.5, 0.6) is 0 Å². The van der Waals surface area contributed by atoms with Crippen LogP contribution in [0.25, 0.3) is 0 Å². The molecule has 1 aliphatic heterocycles. The second-order valence-corrected chi connectivity index (χ2v) is 5.67. The van der Waals surface area contributed by atoms with Crippen molar-refractivity contribution in [3.05, 3.63) is 23.9 Å². The molecule has 0 bridgehead atoms. The molecule has 0 aliphatic carbocycles. The lowest BCUT2D eigenvalue weighted by atomic mass is 10.2. The third-order valence-corrected chi connectivity index (χ3v) is 3.47. The zero-order valence-corrected chi connectivity index (χ0v) is 12.0. The van der Waals surface area contributed by atoms with Gasteiger partial charge >= 0.3 is 0 Å². The van der Waals surface area contributed by atoms with Gasteiger partial charge in [0.05, 0.1) is 0 Å². The molecular formula is C14H25N5. The van der Waals surface area contributed by atoms with Crippen LogP contribution in [0.1, 0.15) is 19.4 Å². The summed E-state index contributed by atoms with van der Waals surface area (Å²) in [6.07, 6.45) is 1.90. The van der Waals surface area contributed by atoms with Gasteiger partial charge in [0.1, 0.15) is 5.82 Å². The number of hydrogen-bond donors (Lipinski definition) is 2. The minimum Gasteiger partial charge on any atom is -0.308 e. The average Bonchev–Trinajstić information content (AvgIpc) is 2.41. The molecule has 1 aromatic heterocycles. The quantitative estimate of drug-likeness (QED) is 0.616. The lowest BCUT2D eigenvalue weighted by Gasteiger charge is -2.35. The van der Waals surface area contributed by atoms with Crippen molar-refractivity contribution in [3.8, 4) is 0 Å². The van der Waals surface area contributed by atoms with E-state index in [-0.39, 0.29) is 0 Å². The summed E-state index contributed by atoms with van der Waals surface area (Å²) in [7, 11) is 0. The van der Waals surface area contributed by atoms with Crippen molar-refractivity contribution in [1.82, 2.24) is 14.8 Å². The van der Waals surface area contributed by atoms with Crippen LogP contribution >= 0.6 is 0 Å². The van der Waals surface area contributed by atoms with E-state index in [1.807, 2.05) is 12.3 Å². The summed E-state index contributed by atoms with van der Waals surface area (Å²) in [6.45, 7) is 11.4. The summed E-state index contributed by atoms with van der Waals surface area (Å²) >= 11 is 0. The van der Waals surface area contributed by atoms with Gasteiger partial charge in [0.25, 0.3) is 0 Å². The Hall–Kier alpha value is -1.17. The van der Waals surface area contributed by atoms with Crippen LogP contribution < -0.4 is 11.3 Å². The molecule has 1 aliphatic rings. The van der Waals surface area contributed by atoms with Crippen molar-refractivity contribution >= 4 is 5.82 Å². The maximum atomic E-state index is 5.31. The minimum atomic E-state index is 0.713. The van der Waals surface area contributed by atoms with E-state index in [0.29, 0.717) is 5.82 Å². The Morgan fingerprint density at radius 2 is 1.89 bits per heavy atom. The number of anilines is 1. The monoisotopic (exact) mass is 263 g/mol. The van der Waals surface area contributed by atoms with Gasteiger partial charge in [-0.25, -0.2) is 10.8 Å². The number of nitrogens with one attached hydrogen (secondary N) is 1. The molecule has 0 amide bonds. The molecule has 0 atom stereocenters. The number of aromatic nitrogens is 1. The molecule has 1 aromatic rings.